The van der Waals surface area contributed by atoms with Crippen molar-refractivity contribution >= 4 is 22.7 Å². The van der Waals surface area contributed by atoms with E-state index in [2.05, 4.69) is 10.1 Å². The second-order valence-corrected chi connectivity index (χ2v) is 6.02. The Morgan fingerprint density at radius 2 is 2.17 bits per heavy atom. The third-order valence-corrected chi connectivity index (χ3v) is 4.38. The molecule has 2 aromatic heterocycles. The Hall–Kier alpha value is -2.12. The first-order chi connectivity index (χ1) is 11.2. The molecule has 0 radical (unpaired) electrons. The third kappa shape index (κ3) is 3.46. The van der Waals surface area contributed by atoms with Gasteiger partial charge in [-0.2, -0.15) is 0 Å². The summed E-state index contributed by atoms with van der Waals surface area (Å²) in [6, 6.07) is 9.25. The van der Waals surface area contributed by atoms with Gasteiger partial charge in [0.2, 0.25) is 0 Å². The summed E-state index contributed by atoms with van der Waals surface area (Å²) < 4.78 is 11.8. The smallest absolute Gasteiger partial charge is 0.262 e. The summed E-state index contributed by atoms with van der Waals surface area (Å²) in [5.74, 6) is 1.36. The molecule has 3 rings (SSSR count). The molecular formula is C16H17N3O3S. The van der Waals surface area contributed by atoms with E-state index in [1.807, 2.05) is 31.2 Å². The molecule has 0 saturated heterocycles. The van der Waals surface area contributed by atoms with Crippen LogP contribution in [0.1, 0.15) is 11.5 Å². The maximum absolute atomic E-state index is 12.7. The zero-order valence-electron chi connectivity index (χ0n) is 13.0. The average molecular weight is 331 g/mol. The van der Waals surface area contributed by atoms with Crippen molar-refractivity contribution in [2.75, 3.05) is 13.7 Å². The molecule has 23 heavy (non-hydrogen) atoms. The van der Waals surface area contributed by atoms with Crippen molar-refractivity contribution < 1.29 is 9.26 Å². The zero-order valence-corrected chi connectivity index (χ0v) is 13.8. The molecule has 0 fully saturated rings. The number of nitrogens with zero attached hydrogens (tertiary/aromatic N) is 3. The second-order valence-electron chi connectivity index (χ2n) is 5.08. The lowest BCUT2D eigenvalue weighted by Crippen LogP contribution is -2.25. The minimum Gasteiger partial charge on any atom is -0.383 e. The largest absolute Gasteiger partial charge is 0.383 e. The summed E-state index contributed by atoms with van der Waals surface area (Å²) in [6.45, 7) is 2.77. The van der Waals surface area contributed by atoms with Crippen molar-refractivity contribution in [3.8, 4) is 0 Å². The van der Waals surface area contributed by atoms with Gasteiger partial charge in [-0.25, -0.2) is 4.98 Å². The van der Waals surface area contributed by atoms with Crippen molar-refractivity contribution in [2.24, 2.45) is 0 Å². The normalized spacial score (nSPS) is 11.2. The number of para-hydroxylation sites is 1. The number of fused-ring (bicyclic) bond motifs is 1. The Morgan fingerprint density at radius 3 is 2.91 bits per heavy atom. The number of thioether (sulfide) groups is 1. The van der Waals surface area contributed by atoms with Crippen LogP contribution in [-0.4, -0.2) is 28.4 Å². The fraction of sp³-hybridized carbons (Fsp3) is 0.312. The molecular weight excluding hydrogens is 314 g/mol. The number of benzene rings is 1. The molecule has 0 amide bonds. The first kappa shape index (κ1) is 15.8. The lowest BCUT2D eigenvalue weighted by Gasteiger charge is -2.12. The first-order valence-electron chi connectivity index (χ1n) is 7.22. The molecule has 7 heteroatoms. The number of methoxy groups -OCH3 is 1. The topological polar surface area (TPSA) is 70.2 Å². The van der Waals surface area contributed by atoms with Crippen LogP contribution in [0, 0.1) is 6.92 Å². The van der Waals surface area contributed by atoms with Crippen LogP contribution >= 0.6 is 11.8 Å². The van der Waals surface area contributed by atoms with Crippen LogP contribution < -0.4 is 5.56 Å². The van der Waals surface area contributed by atoms with E-state index < -0.39 is 0 Å². The minimum atomic E-state index is -0.0496. The second kappa shape index (κ2) is 6.97. The summed E-state index contributed by atoms with van der Waals surface area (Å²) in [4.78, 5) is 17.3. The van der Waals surface area contributed by atoms with Gasteiger partial charge < -0.3 is 9.26 Å². The predicted octanol–water partition coefficient (Wildman–Crippen LogP) is 2.63. The first-order valence-corrected chi connectivity index (χ1v) is 8.21. The highest BCUT2D eigenvalue weighted by Gasteiger charge is 2.12. The van der Waals surface area contributed by atoms with E-state index in [0.29, 0.717) is 35.0 Å². The Labute approximate surface area is 137 Å². The van der Waals surface area contributed by atoms with Crippen LogP contribution in [-0.2, 0) is 17.0 Å². The van der Waals surface area contributed by atoms with Crippen LogP contribution in [0.25, 0.3) is 10.9 Å². The Morgan fingerprint density at radius 1 is 1.35 bits per heavy atom. The molecule has 0 bridgehead atoms. The molecule has 1 aromatic carbocycles. The van der Waals surface area contributed by atoms with E-state index in [1.165, 1.54) is 11.8 Å². The van der Waals surface area contributed by atoms with Crippen LogP contribution in [0.5, 0.6) is 0 Å². The van der Waals surface area contributed by atoms with Crippen molar-refractivity contribution in [3.63, 3.8) is 0 Å². The van der Waals surface area contributed by atoms with Crippen LogP contribution in [0.4, 0.5) is 0 Å². The third-order valence-electron chi connectivity index (χ3n) is 3.37. The van der Waals surface area contributed by atoms with E-state index in [-0.39, 0.29) is 5.56 Å². The van der Waals surface area contributed by atoms with E-state index in [4.69, 9.17) is 9.26 Å². The number of hydrogen-bond acceptors (Lipinski definition) is 6. The van der Waals surface area contributed by atoms with E-state index in [1.54, 1.807) is 17.7 Å². The maximum Gasteiger partial charge on any atom is 0.262 e. The van der Waals surface area contributed by atoms with Gasteiger partial charge in [0, 0.05) is 18.9 Å². The van der Waals surface area contributed by atoms with E-state index in [9.17, 15) is 4.79 Å². The van der Waals surface area contributed by atoms with Crippen molar-refractivity contribution in [3.05, 3.63) is 52.1 Å². The summed E-state index contributed by atoms with van der Waals surface area (Å²) in [5, 5.41) is 5.25. The number of aromatic nitrogens is 3. The minimum absolute atomic E-state index is 0.0496. The molecule has 2 heterocycles. The number of aryl methyl sites for hydroxylation is 1. The van der Waals surface area contributed by atoms with Gasteiger partial charge in [-0.3, -0.25) is 9.36 Å². The van der Waals surface area contributed by atoms with Crippen molar-refractivity contribution in [1.82, 2.24) is 14.7 Å². The zero-order chi connectivity index (χ0) is 16.2. The van der Waals surface area contributed by atoms with Crippen molar-refractivity contribution in [2.45, 2.75) is 24.4 Å². The molecule has 6 nitrogen and oxygen atoms in total. The Balaban J connectivity index is 1.97. The van der Waals surface area contributed by atoms with Crippen LogP contribution in [0.3, 0.4) is 0 Å². The Kier molecular flexibility index (Phi) is 4.78. The molecule has 0 atom stereocenters. The predicted molar refractivity (Wildman–Crippen MR) is 88.7 cm³/mol. The fourth-order valence-corrected chi connectivity index (χ4v) is 3.17. The van der Waals surface area contributed by atoms with Gasteiger partial charge >= 0.3 is 0 Å². The number of rotatable bonds is 6. The molecule has 0 aliphatic carbocycles. The van der Waals surface area contributed by atoms with Gasteiger partial charge in [0.25, 0.3) is 5.56 Å². The lowest BCUT2D eigenvalue weighted by atomic mass is 10.2. The SMILES string of the molecule is COCCn1c(SCc2cc(C)on2)nc2ccccc2c1=O. The number of hydrogen-bond donors (Lipinski definition) is 0. The maximum atomic E-state index is 12.7. The van der Waals surface area contributed by atoms with Gasteiger partial charge in [0.15, 0.2) is 5.16 Å². The molecule has 0 N–H and O–H groups in total. The van der Waals surface area contributed by atoms with Crippen LogP contribution in [0.2, 0.25) is 0 Å². The van der Waals surface area contributed by atoms with Gasteiger partial charge in [-0.1, -0.05) is 29.1 Å². The van der Waals surface area contributed by atoms with E-state index in [0.717, 1.165) is 11.5 Å². The summed E-state index contributed by atoms with van der Waals surface area (Å²) in [7, 11) is 1.62. The molecule has 0 unspecified atom stereocenters. The quantitative estimate of drug-likeness (QED) is 0.511. The Bertz CT molecular complexity index is 872. The molecule has 3 aromatic rings. The molecule has 0 spiro atoms. The standard InChI is InChI=1S/C16H17N3O3S/c1-11-9-12(18-22-11)10-23-16-17-14-6-4-3-5-13(14)15(20)19(16)7-8-21-2/h3-6,9H,7-8,10H2,1-2H3. The highest BCUT2D eigenvalue weighted by molar-refractivity contribution is 7.98. The van der Waals surface area contributed by atoms with Gasteiger partial charge in [0.1, 0.15) is 5.76 Å². The summed E-state index contributed by atoms with van der Waals surface area (Å²) in [6.07, 6.45) is 0. The van der Waals surface area contributed by atoms with Crippen LogP contribution in [0.15, 0.2) is 44.8 Å². The van der Waals surface area contributed by atoms with Crippen molar-refractivity contribution in [1.29, 1.82) is 0 Å². The molecule has 120 valence electrons. The van der Waals surface area contributed by atoms with Gasteiger partial charge in [-0.05, 0) is 19.1 Å². The highest BCUT2D eigenvalue weighted by atomic mass is 32.2. The van der Waals surface area contributed by atoms with E-state index >= 15 is 0 Å². The molecule has 0 saturated carbocycles. The lowest BCUT2D eigenvalue weighted by molar-refractivity contribution is 0.183. The van der Waals surface area contributed by atoms with Gasteiger partial charge in [-0.15, -0.1) is 0 Å². The molecule has 0 aliphatic heterocycles. The summed E-state index contributed by atoms with van der Waals surface area (Å²) in [5.41, 5.74) is 1.48. The van der Waals surface area contributed by atoms with Gasteiger partial charge in [0.05, 0.1) is 29.7 Å². The number of ether oxygens (including phenoxy) is 1. The summed E-state index contributed by atoms with van der Waals surface area (Å²) >= 11 is 1.47. The monoisotopic (exact) mass is 331 g/mol. The fourth-order valence-electron chi connectivity index (χ4n) is 2.26. The average Bonchev–Trinajstić information content (AvgIpc) is 2.98. The molecule has 0 aliphatic rings. The highest BCUT2D eigenvalue weighted by Crippen LogP contribution is 2.22.